The Labute approximate surface area is 203 Å². The van der Waals surface area contributed by atoms with E-state index < -0.39 is 17.6 Å². The highest BCUT2D eigenvalue weighted by atomic mass is 16.5. The first-order chi connectivity index (χ1) is 16.8. The Morgan fingerprint density at radius 3 is 2.31 bits per heavy atom. The van der Waals surface area contributed by atoms with E-state index in [0.29, 0.717) is 12.1 Å². The van der Waals surface area contributed by atoms with Gasteiger partial charge in [0.1, 0.15) is 6.61 Å². The van der Waals surface area contributed by atoms with Crippen LogP contribution in [0.1, 0.15) is 43.7 Å². The number of rotatable bonds is 9. The Balaban J connectivity index is 1.20. The van der Waals surface area contributed by atoms with Gasteiger partial charge in [0.15, 0.2) is 5.54 Å². The minimum atomic E-state index is -1.23. The van der Waals surface area contributed by atoms with Crippen molar-refractivity contribution in [2.24, 2.45) is 0 Å². The summed E-state index contributed by atoms with van der Waals surface area (Å²) < 4.78 is 6.77. The molecule has 0 bridgehead atoms. The lowest BCUT2D eigenvalue weighted by Crippen LogP contribution is -2.35. The van der Waals surface area contributed by atoms with Crippen LogP contribution in [-0.2, 0) is 19.9 Å². The number of carbonyl (C=O) groups is 3. The van der Waals surface area contributed by atoms with E-state index in [9.17, 15) is 19.5 Å². The van der Waals surface area contributed by atoms with Crippen molar-refractivity contribution < 1.29 is 24.2 Å². The van der Waals surface area contributed by atoms with E-state index in [2.05, 4.69) is 40.0 Å². The van der Waals surface area contributed by atoms with E-state index in [0.717, 1.165) is 11.1 Å². The summed E-state index contributed by atoms with van der Waals surface area (Å²) in [5, 5.41) is 18.6. The summed E-state index contributed by atoms with van der Waals surface area (Å²) in [4.78, 5) is 35.7. The standard InChI is InChI=1S/C26H28N4O5/c1-26(2,24(32)33)30-15-17(14-28-30)29-23(31)12-7-13-27-25(34)35-16-22-20-10-5-3-8-18(20)19-9-4-6-11-21(19)22/h3-6,8-11,14-15,22H,7,12-13,16H2,1-2H3,(H,27,34)(H,29,31)(H,32,33). The summed E-state index contributed by atoms with van der Waals surface area (Å²) in [5.74, 6) is -1.30. The largest absolute Gasteiger partial charge is 0.479 e. The Bertz CT molecular complexity index is 1200. The number of amides is 2. The number of ether oxygens (including phenoxy) is 1. The number of carbonyl (C=O) groups excluding carboxylic acids is 2. The molecule has 4 rings (SSSR count). The molecular formula is C26H28N4O5. The molecule has 2 aromatic carbocycles. The lowest BCUT2D eigenvalue weighted by Gasteiger charge is -2.19. The third-order valence-corrected chi connectivity index (χ3v) is 6.16. The van der Waals surface area contributed by atoms with Crippen molar-refractivity contribution in [3.63, 3.8) is 0 Å². The maximum atomic E-state index is 12.2. The molecule has 0 radical (unpaired) electrons. The number of alkyl carbamates (subject to hydrolysis) is 1. The van der Waals surface area contributed by atoms with Crippen molar-refractivity contribution in [2.45, 2.75) is 38.1 Å². The fourth-order valence-electron chi connectivity index (χ4n) is 4.10. The van der Waals surface area contributed by atoms with Gasteiger partial charge in [-0.15, -0.1) is 0 Å². The third-order valence-electron chi connectivity index (χ3n) is 6.16. The average molecular weight is 477 g/mol. The van der Waals surface area contributed by atoms with E-state index in [1.165, 1.54) is 42.0 Å². The van der Waals surface area contributed by atoms with Gasteiger partial charge in [0, 0.05) is 25.1 Å². The average Bonchev–Trinajstić information content (AvgIpc) is 3.43. The maximum absolute atomic E-state index is 12.2. The van der Waals surface area contributed by atoms with Crippen molar-refractivity contribution in [2.75, 3.05) is 18.5 Å². The summed E-state index contributed by atoms with van der Waals surface area (Å²) in [6.45, 7) is 3.55. The molecule has 1 aliphatic rings. The molecule has 0 atom stereocenters. The number of fused-ring (bicyclic) bond motifs is 3. The molecule has 0 aliphatic heterocycles. The molecule has 1 heterocycles. The molecule has 182 valence electrons. The number of aliphatic carboxylic acids is 1. The van der Waals surface area contributed by atoms with Crippen LogP contribution < -0.4 is 10.6 Å². The second-order valence-electron chi connectivity index (χ2n) is 8.94. The molecule has 0 fully saturated rings. The summed E-state index contributed by atoms with van der Waals surface area (Å²) >= 11 is 0. The van der Waals surface area contributed by atoms with Gasteiger partial charge in [-0.05, 0) is 42.5 Å². The van der Waals surface area contributed by atoms with E-state index in [-0.39, 0.29) is 31.4 Å². The highest BCUT2D eigenvalue weighted by Gasteiger charge is 2.30. The third kappa shape index (κ3) is 5.18. The molecule has 0 unspecified atom stereocenters. The fraction of sp³-hybridized carbons (Fsp3) is 0.308. The van der Waals surface area contributed by atoms with Gasteiger partial charge >= 0.3 is 12.1 Å². The number of anilines is 1. The molecule has 1 aromatic heterocycles. The minimum absolute atomic E-state index is 0.00838. The normalized spacial score (nSPS) is 12.5. The van der Waals surface area contributed by atoms with Crippen LogP contribution in [0.3, 0.4) is 0 Å². The number of hydrogen-bond acceptors (Lipinski definition) is 5. The van der Waals surface area contributed by atoms with Gasteiger partial charge in [0.2, 0.25) is 5.91 Å². The van der Waals surface area contributed by atoms with Crippen molar-refractivity contribution in [3.05, 3.63) is 72.1 Å². The first-order valence-electron chi connectivity index (χ1n) is 11.4. The highest BCUT2D eigenvalue weighted by molar-refractivity contribution is 5.90. The van der Waals surface area contributed by atoms with Crippen LogP contribution >= 0.6 is 0 Å². The van der Waals surface area contributed by atoms with Gasteiger partial charge in [-0.2, -0.15) is 5.10 Å². The molecule has 2 amide bonds. The Kier molecular flexibility index (Phi) is 6.86. The van der Waals surface area contributed by atoms with Crippen molar-refractivity contribution in [1.82, 2.24) is 15.1 Å². The van der Waals surface area contributed by atoms with Gasteiger partial charge in [0.05, 0.1) is 11.9 Å². The topological polar surface area (TPSA) is 123 Å². The quantitative estimate of drug-likeness (QED) is 0.402. The molecule has 3 aromatic rings. The van der Waals surface area contributed by atoms with Gasteiger partial charge in [0.25, 0.3) is 0 Å². The number of aromatic nitrogens is 2. The fourth-order valence-corrected chi connectivity index (χ4v) is 4.10. The summed E-state index contributed by atoms with van der Waals surface area (Å²) in [7, 11) is 0. The zero-order valence-corrected chi connectivity index (χ0v) is 19.7. The van der Waals surface area contributed by atoms with Gasteiger partial charge in [-0.1, -0.05) is 48.5 Å². The molecule has 1 aliphatic carbocycles. The van der Waals surface area contributed by atoms with Crippen molar-refractivity contribution >= 4 is 23.7 Å². The monoisotopic (exact) mass is 476 g/mol. The van der Waals surface area contributed by atoms with Gasteiger partial charge in [-0.3, -0.25) is 9.48 Å². The van der Waals surface area contributed by atoms with Crippen molar-refractivity contribution in [1.29, 1.82) is 0 Å². The molecular weight excluding hydrogens is 448 g/mol. The van der Waals surface area contributed by atoms with Crippen LogP contribution in [0.4, 0.5) is 10.5 Å². The number of carboxylic acid groups (broad SMARTS) is 1. The number of hydrogen-bond donors (Lipinski definition) is 3. The Morgan fingerprint density at radius 2 is 1.69 bits per heavy atom. The molecule has 9 heteroatoms. The van der Waals surface area contributed by atoms with Crippen LogP contribution in [-0.4, -0.2) is 46.0 Å². The molecule has 0 saturated heterocycles. The van der Waals surface area contributed by atoms with Crippen LogP contribution in [0.25, 0.3) is 11.1 Å². The molecule has 0 spiro atoms. The molecule has 3 N–H and O–H groups in total. The second-order valence-corrected chi connectivity index (χ2v) is 8.94. The number of nitrogens with one attached hydrogen (secondary N) is 2. The van der Waals surface area contributed by atoms with Gasteiger partial charge < -0.3 is 20.5 Å². The number of benzene rings is 2. The SMILES string of the molecule is CC(C)(C(=O)O)n1cc(NC(=O)CCCNC(=O)OCC2c3ccccc3-c3ccccc32)cn1. The number of nitrogens with zero attached hydrogens (tertiary/aromatic N) is 2. The zero-order chi connectivity index (χ0) is 25.0. The smallest absolute Gasteiger partial charge is 0.407 e. The van der Waals surface area contributed by atoms with Gasteiger partial charge in [-0.25, -0.2) is 9.59 Å². The van der Waals surface area contributed by atoms with Crippen LogP contribution in [0.5, 0.6) is 0 Å². The lowest BCUT2D eigenvalue weighted by molar-refractivity contribution is -0.146. The Hall–Kier alpha value is -4.14. The lowest BCUT2D eigenvalue weighted by atomic mass is 9.98. The molecule has 35 heavy (non-hydrogen) atoms. The van der Waals surface area contributed by atoms with Crippen LogP contribution in [0, 0.1) is 0 Å². The predicted octanol–water partition coefficient (Wildman–Crippen LogP) is 3.96. The van der Waals surface area contributed by atoms with E-state index >= 15 is 0 Å². The van der Waals surface area contributed by atoms with E-state index in [1.54, 1.807) is 0 Å². The number of carboxylic acids is 1. The molecule has 9 nitrogen and oxygen atoms in total. The molecule has 0 saturated carbocycles. The highest BCUT2D eigenvalue weighted by Crippen LogP contribution is 2.44. The van der Waals surface area contributed by atoms with Crippen molar-refractivity contribution in [3.8, 4) is 11.1 Å². The summed E-state index contributed by atoms with van der Waals surface area (Å²) in [6, 6.07) is 16.3. The summed E-state index contributed by atoms with van der Waals surface area (Å²) in [6.07, 6.45) is 2.95. The first-order valence-corrected chi connectivity index (χ1v) is 11.4. The second kappa shape index (κ2) is 10.0. The maximum Gasteiger partial charge on any atom is 0.407 e. The van der Waals surface area contributed by atoms with E-state index in [4.69, 9.17) is 4.74 Å². The minimum Gasteiger partial charge on any atom is -0.479 e. The Morgan fingerprint density at radius 1 is 1.06 bits per heavy atom. The zero-order valence-electron chi connectivity index (χ0n) is 19.7. The first kappa shape index (κ1) is 24.0. The van der Waals surface area contributed by atoms with Crippen LogP contribution in [0.15, 0.2) is 60.9 Å². The van der Waals surface area contributed by atoms with E-state index in [1.807, 2.05) is 24.3 Å². The predicted molar refractivity (Wildman–Crippen MR) is 130 cm³/mol. The summed E-state index contributed by atoms with van der Waals surface area (Å²) in [5.41, 5.74) is 3.81. The van der Waals surface area contributed by atoms with Crippen LogP contribution in [0.2, 0.25) is 0 Å².